The lowest BCUT2D eigenvalue weighted by atomic mass is 9.93. The molecule has 0 saturated carbocycles. The summed E-state index contributed by atoms with van der Waals surface area (Å²) in [6.45, 7) is 9.03. The average Bonchev–Trinajstić information content (AvgIpc) is 3.04. The summed E-state index contributed by atoms with van der Waals surface area (Å²) in [5.74, 6) is -0.716. The molecular formula is C27H32N2O4. The van der Waals surface area contributed by atoms with Crippen molar-refractivity contribution >= 4 is 17.4 Å². The molecule has 6 heteroatoms. The molecule has 1 saturated heterocycles. The Kier molecular flexibility index (Phi) is 7.71. The van der Waals surface area contributed by atoms with Crippen LogP contribution in [-0.4, -0.2) is 60.4 Å². The minimum Gasteiger partial charge on any atom is -0.507 e. The van der Waals surface area contributed by atoms with Crippen LogP contribution >= 0.6 is 0 Å². The van der Waals surface area contributed by atoms with Gasteiger partial charge in [-0.15, -0.1) is 0 Å². The van der Waals surface area contributed by atoms with Gasteiger partial charge in [0.05, 0.1) is 11.6 Å². The fourth-order valence-electron chi connectivity index (χ4n) is 4.05. The number of Topliss-reactive ketones (excluding diaryl/α,β-unsaturated/α-hetero) is 1. The third-order valence-electron chi connectivity index (χ3n) is 5.76. The van der Waals surface area contributed by atoms with Crippen LogP contribution in [0.5, 0.6) is 5.75 Å². The number of benzene rings is 2. The second kappa shape index (κ2) is 10.5. The maximum absolute atomic E-state index is 13.2. The number of carbonyl (C=O) groups excluding carboxylic acids is 2. The first-order valence-corrected chi connectivity index (χ1v) is 11.1. The summed E-state index contributed by atoms with van der Waals surface area (Å²) in [5, 5.41) is 11.3. The highest BCUT2D eigenvalue weighted by molar-refractivity contribution is 6.46. The predicted molar refractivity (Wildman–Crippen MR) is 130 cm³/mol. The number of amides is 1. The van der Waals surface area contributed by atoms with Gasteiger partial charge < -0.3 is 19.6 Å². The highest BCUT2D eigenvalue weighted by atomic mass is 16.5. The third kappa shape index (κ3) is 5.34. The van der Waals surface area contributed by atoms with E-state index < -0.39 is 17.7 Å². The lowest BCUT2D eigenvalue weighted by Gasteiger charge is -2.26. The normalized spacial score (nSPS) is 17.6. The topological polar surface area (TPSA) is 70.1 Å². The van der Waals surface area contributed by atoms with Crippen LogP contribution in [0.25, 0.3) is 5.76 Å². The van der Waals surface area contributed by atoms with Gasteiger partial charge in [-0.1, -0.05) is 42.5 Å². The Morgan fingerprint density at radius 1 is 1.15 bits per heavy atom. The average molecular weight is 449 g/mol. The fourth-order valence-corrected chi connectivity index (χ4v) is 4.05. The lowest BCUT2D eigenvalue weighted by molar-refractivity contribution is -0.139. The molecule has 6 nitrogen and oxygen atoms in total. The van der Waals surface area contributed by atoms with Gasteiger partial charge in [0, 0.05) is 12.1 Å². The maximum Gasteiger partial charge on any atom is 0.295 e. The zero-order valence-electron chi connectivity index (χ0n) is 19.8. The molecule has 1 atom stereocenters. The molecule has 1 N–H and O–H groups in total. The van der Waals surface area contributed by atoms with E-state index in [2.05, 4.69) is 6.58 Å². The van der Waals surface area contributed by atoms with E-state index in [9.17, 15) is 14.7 Å². The SMILES string of the molecule is C=CCOc1ccc([C@H]2C(=C(O)c3cc(C)ccc3C)C(=O)C(=O)N2CCCN(C)C)cc1. The van der Waals surface area contributed by atoms with Crippen molar-refractivity contribution < 1.29 is 19.4 Å². The van der Waals surface area contributed by atoms with Gasteiger partial charge in [-0.2, -0.15) is 0 Å². The fraction of sp³-hybridized carbons (Fsp3) is 0.333. The highest BCUT2D eigenvalue weighted by Crippen LogP contribution is 2.40. The molecule has 2 aromatic rings. The van der Waals surface area contributed by atoms with Crippen molar-refractivity contribution in [2.24, 2.45) is 0 Å². The van der Waals surface area contributed by atoms with Gasteiger partial charge in [0.2, 0.25) is 0 Å². The summed E-state index contributed by atoms with van der Waals surface area (Å²) in [4.78, 5) is 29.8. The number of aliphatic hydroxyl groups is 1. The first kappa shape index (κ1) is 24.3. The van der Waals surface area contributed by atoms with Crippen LogP contribution in [0.15, 0.2) is 60.7 Å². The number of hydrogen-bond donors (Lipinski definition) is 1. The van der Waals surface area contributed by atoms with Gasteiger partial charge in [-0.05, 0) is 70.2 Å². The molecule has 33 heavy (non-hydrogen) atoms. The smallest absolute Gasteiger partial charge is 0.295 e. The van der Waals surface area contributed by atoms with E-state index in [1.165, 1.54) is 0 Å². The zero-order chi connectivity index (χ0) is 24.1. The molecule has 0 spiro atoms. The molecular weight excluding hydrogens is 416 g/mol. The molecule has 0 bridgehead atoms. The highest BCUT2D eigenvalue weighted by Gasteiger charge is 2.45. The van der Waals surface area contributed by atoms with Crippen LogP contribution in [-0.2, 0) is 9.59 Å². The molecule has 3 rings (SSSR count). The number of hydrogen-bond acceptors (Lipinski definition) is 5. The molecule has 0 unspecified atom stereocenters. The van der Waals surface area contributed by atoms with Crippen molar-refractivity contribution in [1.82, 2.24) is 9.80 Å². The zero-order valence-corrected chi connectivity index (χ0v) is 19.8. The number of aliphatic hydroxyl groups excluding tert-OH is 1. The Hall–Kier alpha value is -3.38. The van der Waals surface area contributed by atoms with E-state index in [-0.39, 0.29) is 11.3 Å². The minimum absolute atomic E-state index is 0.123. The van der Waals surface area contributed by atoms with Crippen molar-refractivity contribution in [1.29, 1.82) is 0 Å². The summed E-state index contributed by atoms with van der Waals surface area (Å²) < 4.78 is 5.57. The van der Waals surface area contributed by atoms with E-state index >= 15 is 0 Å². The Morgan fingerprint density at radius 2 is 1.85 bits per heavy atom. The van der Waals surface area contributed by atoms with Crippen LogP contribution in [0, 0.1) is 13.8 Å². The van der Waals surface area contributed by atoms with E-state index in [0.717, 1.165) is 23.2 Å². The first-order chi connectivity index (χ1) is 15.7. The summed E-state index contributed by atoms with van der Waals surface area (Å²) >= 11 is 0. The van der Waals surface area contributed by atoms with Crippen molar-refractivity contribution in [2.75, 3.05) is 33.8 Å². The number of ketones is 1. The summed E-state index contributed by atoms with van der Waals surface area (Å²) in [6, 6.07) is 12.3. The molecule has 1 fully saturated rings. The second-order valence-electron chi connectivity index (χ2n) is 8.64. The van der Waals surface area contributed by atoms with E-state index in [1.54, 1.807) is 23.1 Å². The van der Waals surface area contributed by atoms with Crippen LogP contribution in [0.1, 0.15) is 34.7 Å². The number of nitrogens with zero attached hydrogens (tertiary/aromatic N) is 2. The number of rotatable bonds is 9. The summed E-state index contributed by atoms with van der Waals surface area (Å²) in [7, 11) is 3.93. The standard InChI is InChI=1S/C27H32N2O4/c1-6-16-33-21-12-10-20(11-13-21)24-23(25(30)22-17-18(2)8-9-19(22)3)26(31)27(32)29(24)15-7-14-28(4)5/h6,8-13,17,24,30H,1,7,14-16H2,2-5H3/t24-/m0/s1. The molecule has 1 aliphatic rings. The maximum atomic E-state index is 13.2. The number of ether oxygens (including phenoxy) is 1. The Morgan fingerprint density at radius 3 is 2.48 bits per heavy atom. The van der Waals surface area contributed by atoms with Gasteiger partial charge in [0.15, 0.2) is 0 Å². The van der Waals surface area contributed by atoms with Crippen molar-refractivity contribution in [2.45, 2.75) is 26.3 Å². The van der Waals surface area contributed by atoms with E-state index in [1.807, 2.05) is 63.2 Å². The Balaban J connectivity index is 2.09. The van der Waals surface area contributed by atoms with E-state index in [0.29, 0.717) is 30.9 Å². The predicted octanol–water partition coefficient (Wildman–Crippen LogP) is 4.24. The van der Waals surface area contributed by atoms with Crippen LogP contribution in [0.3, 0.4) is 0 Å². The van der Waals surface area contributed by atoms with E-state index in [4.69, 9.17) is 4.74 Å². The lowest BCUT2D eigenvalue weighted by Crippen LogP contribution is -2.32. The van der Waals surface area contributed by atoms with Gasteiger partial charge >= 0.3 is 0 Å². The molecule has 1 aliphatic heterocycles. The van der Waals surface area contributed by atoms with Crippen LogP contribution in [0.2, 0.25) is 0 Å². The molecule has 174 valence electrons. The Labute approximate surface area is 195 Å². The van der Waals surface area contributed by atoms with Gasteiger partial charge in [0.25, 0.3) is 11.7 Å². The third-order valence-corrected chi connectivity index (χ3v) is 5.76. The summed E-state index contributed by atoms with van der Waals surface area (Å²) in [6.07, 6.45) is 2.37. The number of aryl methyl sites for hydroxylation is 2. The molecule has 2 aromatic carbocycles. The van der Waals surface area contributed by atoms with Gasteiger partial charge in [-0.25, -0.2) is 0 Å². The quantitative estimate of drug-likeness (QED) is 0.269. The largest absolute Gasteiger partial charge is 0.507 e. The van der Waals surface area contributed by atoms with Gasteiger partial charge in [-0.3, -0.25) is 9.59 Å². The molecule has 0 aliphatic carbocycles. The molecule has 0 aromatic heterocycles. The monoisotopic (exact) mass is 448 g/mol. The van der Waals surface area contributed by atoms with Crippen LogP contribution < -0.4 is 4.74 Å². The Bertz CT molecular complexity index is 1070. The molecule has 1 amide bonds. The first-order valence-electron chi connectivity index (χ1n) is 11.1. The second-order valence-corrected chi connectivity index (χ2v) is 8.64. The van der Waals surface area contributed by atoms with Crippen LogP contribution in [0.4, 0.5) is 0 Å². The molecule has 0 radical (unpaired) electrons. The van der Waals surface area contributed by atoms with Crippen molar-refractivity contribution in [3.8, 4) is 5.75 Å². The van der Waals surface area contributed by atoms with Gasteiger partial charge in [0.1, 0.15) is 18.1 Å². The summed E-state index contributed by atoms with van der Waals surface area (Å²) in [5.41, 5.74) is 3.24. The van der Waals surface area contributed by atoms with Crippen molar-refractivity contribution in [3.63, 3.8) is 0 Å². The van der Waals surface area contributed by atoms with Crippen molar-refractivity contribution in [3.05, 3.63) is 82.9 Å². The minimum atomic E-state index is -0.666. The molecule has 1 heterocycles. The number of likely N-dealkylation sites (tertiary alicyclic amines) is 1. The number of carbonyl (C=O) groups is 2.